The maximum Gasteiger partial charge on any atom is 0.277 e. The lowest BCUT2D eigenvalue weighted by atomic mass is 9.95. The quantitative estimate of drug-likeness (QED) is 0.722. The van der Waals surface area contributed by atoms with Gasteiger partial charge in [-0.1, -0.05) is 35.9 Å². The van der Waals surface area contributed by atoms with Crippen molar-refractivity contribution in [2.24, 2.45) is 0 Å². The predicted octanol–water partition coefficient (Wildman–Crippen LogP) is 4.58. The van der Waals surface area contributed by atoms with E-state index in [1.807, 2.05) is 6.08 Å². The Hall–Kier alpha value is -1.51. The minimum Gasteiger partial charge on any atom is -0.207 e. The van der Waals surface area contributed by atoms with Gasteiger partial charge in [0.2, 0.25) is 0 Å². The van der Waals surface area contributed by atoms with Crippen molar-refractivity contribution in [1.29, 1.82) is 0 Å². The molecule has 0 unspecified atom stereocenters. The van der Waals surface area contributed by atoms with E-state index < -0.39 is 11.7 Å². The molecular weight excluding hydrogens is 225 g/mol. The molecule has 90 valence electrons. The Balaban J connectivity index is 2.18. The van der Waals surface area contributed by atoms with Gasteiger partial charge >= 0.3 is 0 Å². The molecule has 0 radical (unpaired) electrons. The monoisotopic (exact) mass is 238 g/mol. The SMILES string of the molecule is Fc1cccc(C(F)(F)CC2=CC=CCC2)c1. The molecule has 1 aromatic rings. The first-order chi connectivity index (χ1) is 8.08. The largest absolute Gasteiger partial charge is 0.277 e. The summed E-state index contributed by atoms with van der Waals surface area (Å²) in [5, 5.41) is 0. The third kappa shape index (κ3) is 2.99. The molecule has 17 heavy (non-hydrogen) atoms. The lowest BCUT2D eigenvalue weighted by Crippen LogP contribution is -2.15. The Morgan fingerprint density at radius 3 is 2.71 bits per heavy atom. The first-order valence-corrected chi connectivity index (χ1v) is 5.56. The van der Waals surface area contributed by atoms with E-state index in [1.165, 1.54) is 18.2 Å². The second-order valence-electron chi connectivity index (χ2n) is 4.18. The number of rotatable bonds is 3. The normalized spacial score (nSPS) is 15.8. The third-order valence-corrected chi connectivity index (χ3v) is 2.80. The van der Waals surface area contributed by atoms with Gasteiger partial charge < -0.3 is 0 Å². The second kappa shape index (κ2) is 4.78. The molecule has 0 heterocycles. The Morgan fingerprint density at radius 1 is 1.24 bits per heavy atom. The summed E-state index contributed by atoms with van der Waals surface area (Å²) in [6.45, 7) is 0. The van der Waals surface area contributed by atoms with Gasteiger partial charge in [-0.2, -0.15) is 0 Å². The van der Waals surface area contributed by atoms with Gasteiger partial charge in [-0.25, -0.2) is 13.2 Å². The van der Waals surface area contributed by atoms with Crippen LogP contribution in [-0.4, -0.2) is 0 Å². The van der Waals surface area contributed by atoms with Gasteiger partial charge in [0.25, 0.3) is 5.92 Å². The molecular formula is C14H13F3. The van der Waals surface area contributed by atoms with Gasteiger partial charge in [-0.05, 0) is 25.0 Å². The van der Waals surface area contributed by atoms with Crippen LogP contribution >= 0.6 is 0 Å². The molecule has 2 rings (SSSR count). The highest BCUT2D eigenvalue weighted by Gasteiger charge is 2.32. The zero-order valence-corrected chi connectivity index (χ0v) is 9.30. The molecule has 0 atom stereocenters. The molecule has 0 nitrogen and oxygen atoms in total. The molecule has 1 aromatic carbocycles. The van der Waals surface area contributed by atoms with Crippen molar-refractivity contribution in [3.05, 3.63) is 59.4 Å². The van der Waals surface area contributed by atoms with Gasteiger partial charge in [0.15, 0.2) is 0 Å². The van der Waals surface area contributed by atoms with Gasteiger partial charge in [0.1, 0.15) is 5.82 Å². The zero-order valence-electron chi connectivity index (χ0n) is 9.30. The van der Waals surface area contributed by atoms with E-state index in [4.69, 9.17) is 0 Å². The number of benzene rings is 1. The maximum atomic E-state index is 13.9. The third-order valence-electron chi connectivity index (χ3n) is 2.80. The summed E-state index contributed by atoms with van der Waals surface area (Å²) in [7, 11) is 0. The Bertz CT molecular complexity index is 458. The van der Waals surface area contributed by atoms with Crippen LogP contribution < -0.4 is 0 Å². The van der Waals surface area contributed by atoms with Crippen LogP contribution in [0.15, 0.2) is 48.1 Å². The second-order valence-corrected chi connectivity index (χ2v) is 4.18. The molecule has 0 saturated heterocycles. The summed E-state index contributed by atoms with van der Waals surface area (Å²) >= 11 is 0. The molecule has 0 fully saturated rings. The minimum atomic E-state index is -3.00. The molecule has 0 amide bonds. The van der Waals surface area contributed by atoms with Crippen LogP contribution in [0.4, 0.5) is 13.2 Å². The van der Waals surface area contributed by atoms with Gasteiger partial charge in [-0.15, -0.1) is 0 Å². The lowest BCUT2D eigenvalue weighted by molar-refractivity contribution is -0.00478. The topological polar surface area (TPSA) is 0 Å². The fourth-order valence-corrected chi connectivity index (χ4v) is 1.90. The van der Waals surface area contributed by atoms with E-state index in [1.54, 1.807) is 12.2 Å². The van der Waals surface area contributed by atoms with E-state index in [-0.39, 0.29) is 12.0 Å². The molecule has 0 spiro atoms. The summed E-state index contributed by atoms with van der Waals surface area (Å²) in [5.41, 5.74) is 0.453. The van der Waals surface area contributed by atoms with Crippen LogP contribution in [0.25, 0.3) is 0 Å². The highest BCUT2D eigenvalue weighted by molar-refractivity contribution is 5.26. The van der Waals surface area contributed by atoms with Crippen LogP contribution in [0, 0.1) is 5.82 Å². The first-order valence-electron chi connectivity index (χ1n) is 5.56. The van der Waals surface area contributed by atoms with Gasteiger partial charge in [0.05, 0.1) is 0 Å². The fourth-order valence-electron chi connectivity index (χ4n) is 1.90. The van der Waals surface area contributed by atoms with E-state index in [0.717, 1.165) is 12.5 Å². The molecule has 0 saturated carbocycles. The van der Waals surface area contributed by atoms with Crippen molar-refractivity contribution in [3.8, 4) is 0 Å². The van der Waals surface area contributed by atoms with Crippen LogP contribution in [0.3, 0.4) is 0 Å². The number of alkyl halides is 2. The standard InChI is InChI=1S/C14H13F3/c15-13-8-4-7-12(9-13)14(16,17)10-11-5-2-1-3-6-11/h1-2,4-5,7-9H,3,6,10H2. The van der Waals surface area contributed by atoms with Gasteiger partial charge in [0, 0.05) is 12.0 Å². The summed E-state index contributed by atoms with van der Waals surface area (Å²) in [6, 6.07) is 4.65. The molecule has 0 bridgehead atoms. The van der Waals surface area contributed by atoms with Gasteiger partial charge in [-0.3, -0.25) is 0 Å². The smallest absolute Gasteiger partial charge is 0.207 e. The molecule has 3 heteroatoms. The van der Waals surface area contributed by atoms with E-state index in [0.29, 0.717) is 12.0 Å². The van der Waals surface area contributed by atoms with Crippen molar-refractivity contribution < 1.29 is 13.2 Å². The Kier molecular flexibility index (Phi) is 3.36. The van der Waals surface area contributed by atoms with Crippen molar-refractivity contribution in [3.63, 3.8) is 0 Å². The lowest BCUT2D eigenvalue weighted by Gasteiger charge is -2.19. The maximum absolute atomic E-state index is 13.9. The van der Waals surface area contributed by atoms with Crippen molar-refractivity contribution in [1.82, 2.24) is 0 Å². The Labute approximate surface area is 98.5 Å². The predicted molar refractivity (Wildman–Crippen MR) is 61.4 cm³/mol. The van der Waals surface area contributed by atoms with E-state index >= 15 is 0 Å². The van der Waals surface area contributed by atoms with Crippen molar-refractivity contribution in [2.75, 3.05) is 0 Å². The molecule has 1 aliphatic rings. The van der Waals surface area contributed by atoms with Crippen molar-refractivity contribution in [2.45, 2.75) is 25.2 Å². The highest BCUT2D eigenvalue weighted by atomic mass is 19.3. The first kappa shape index (κ1) is 12.0. The van der Waals surface area contributed by atoms with Crippen LogP contribution in [0.2, 0.25) is 0 Å². The summed E-state index contributed by atoms with van der Waals surface area (Å²) < 4.78 is 40.7. The number of allylic oxidation sites excluding steroid dienone is 4. The number of hydrogen-bond acceptors (Lipinski definition) is 0. The highest BCUT2D eigenvalue weighted by Crippen LogP contribution is 2.36. The number of halogens is 3. The average molecular weight is 238 g/mol. The Morgan fingerprint density at radius 2 is 2.06 bits per heavy atom. The van der Waals surface area contributed by atoms with Crippen molar-refractivity contribution >= 4 is 0 Å². The van der Waals surface area contributed by atoms with Crippen LogP contribution in [0.1, 0.15) is 24.8 Å². The average Bonchev–Trinajstić information content (AvgIpc) is 2.30. The summed E-state index contributed by atoms with van der Waals surface area (Å²) in [5.74, 6) is -3.63. The summed E-state index contributed by atoms with van der Waals surface area (Å²) in [6.07, 6.45) is 6.58. The molecule has 0 aliphatic heterocycles. The van der Waals surface area contributed by atoms with E-state index in [2.05, 4.69) is 0 Å². The minimum absolute atomic E-state index is 0.257. The number of hydrogen-bond donors (Lipinski definition) is 0. The summed E-state index contributed by atoms with van der Waals surface area (Å²) in [4.78, 5) is 0. The zero-order chi connectivity index (χ0) is 12.3. The van der Waals surface area contributed by atoms with Crippen LogP contribution in [-0.2, 0) is 5.92 Å². The molecule has 1 aliphatic carbocycles. The van der Waals surface area contributed by atoms with Crippen LogP contribution in [0.5, 0.6) is 0 Å². The molecule has 0 N–H and O–H groups in total. The molecule has 0 aromatic heterocycles. The van der Waals surface area contributed by atoms with E-state index in [9.17, 15) is 13.2 Å². The fraction of sp³-hybridized carbons (Fsp3) is 0.286.